The van der Waals surface area contributed by atoms with E-state index in [-0.39, 0.29) is 5.78 Å². The molecule has 0 amide bonds. The maximum absolute atomic E-state index is 11.9. The van der Waals surface area contributed by atoms with Gasteiger partial charge in [0.1, 0.15) is 0 Å². The van der Waals surface area contributed by atoms with Gasteiger partial charge in [0.2, 0.25) is 0 Å². The molecule has 0 spiro atoms. The second kappa shape index (κ2) is 4.52. The monoisotopic (exact) mass is 249 g/mol. The van der Waals surface area contributed by atoms with Crippen molar-refractivity contribution >= 4 is 11.5 Å². The van der Waals surface area contributed by atoms with Gasteiger partial charge in [-0.05, 0) is 26.0 Å². The van der Waals surface area contributed by atoms with E-state index in [2.05, 4.69) is 4.90 Å². The van der Waals surface area contributed by atoms with Gasteiger partial charge < -0.3 is 14.4 Å². The van der Waals surface area contributed by atoms with Crippen LogP contribution in [0.4, 0.5) is 5.69 Å². The molecule has 0 bridgehead atoms. The molecule has 0 aliphatic carbocycles. The lowest BCUT2D eigenvalue weighted by molar-refractivity contribution is -0.120. The van der Waals surface area contributed by atoms with E-state index in [4.69, 9.17) is 9.47 Å². The summed E-state index contributed by atoms with van der Waals surface area (Å²) in [5, 5.41) is 0. The number of anilines is 1. The molecule has 1 aliphatic heterocycles. The first-order chi connectivity index (χ1) is 8.50. The summed E-state index contributed by atoms with van der Waals surface area (Å²) in [6.45, 7) is 4.67. The van der Waals surface area contributed by atoms with Gasteiger partial charge in [-0.2, -0.15) is 0 Å². The lowest BCUT2D eigenvalue weighted by atomic mass is 10.00. The molecule has 98 valence electrons. The highest BCUT2D eigenvalue weighted by Gasteiger charge is 2.40. The maximum atomic E-state index is 11.9. The summed E-state index contributed by atoms with van der Waals surface area (Å²) in [4.78, 5) is 14.0. The largest absolute Gasteiger partial charge is 0.493 e. The summed E-state index contributed by atoms with van der Waals surface area (Å²) in [5.74, 6) is 1.66. The Kier molecular flexibility index (Phi) is 3.20. The number of benzene rings is 1. The Balaban J connectivity index is 2.38. The Morgan fingerprint density at radius 3 is 2.33 bits per heavy atom. The predicted molar refractivity (Wildman–Crippen MR) is 70.6 cm³/mol. The topological polar surface area (TPSA) is 38.8 Å². The number of Topliss-reactive ketones (excluding diaryl/α,β-unsaturated/α-hetero) is 1. The van der Waals surface area contributed by atoms with E-state index in [0.29, 0.717) is 17.9 Å². The average Bonchev–Trinajstić information content (AvgIpc) is 2.63. The molecule has 0 N–H and O–H groups in total. The number of carbonyl (C=O) groups is 1. The smallest absolute Gasteiger partial charge is 0.162 e. The van der Waals surface area contributed by atoms with Crippen molar-refractivity contribution in [3.63, 3.8) is 0 Å². The van der Waals surface area contributed by atoms with E-state index in [9.17, 15) is 4.79 Å². The van der Waals surface area contributed by atoms with Crippen LogP contribution >= 0.6 is 0 Å². The van der Waals surface area contributed by atoms with Crippen molar-refractivity contribution < 1.29 is 14.3 Å². The van der Waals surface area contributed by atoms with E-state index >= 15 is 0 Å². The van der Waals surface area contributed by atoms with Crippen molar-refractivity contribution in [1.82, 2.24) is 0 Å². The number of hydrogen-bond donors (Lipinski definition) is 0. The molecule has 1 saturated heterocycles. The summed E-state index contributed by atoms with van der Waals surface area (Å²) >= 11 is 0. The Labute approximate surface area is 107 Å². The van der Waals surface area contributed by atoms with Crippen molar-refractivity contribution in [2.45, 2.75) is 25.8 Å². The zero-order valence-electron chi connectivity index (χ0n) is 11.3. The van der Waals surface area contributed by atoms with Crippen LogP contribution in [0.5, 0.6) is 11.5 Å². The molecule has 0 unspecified atom stereocenters. The molecule has 0 aromatic heterocycles. The van der Waals surface area contributed by atoms with Crippen LogP contribution in [-0.4, -0.2) is 32.1 Å². The highest BCUT2D eigenvalue weighted by molar-refractivity contribution is 5.94. The minimum Gasteiger partial charge on any atom is -0.493 e. The summed E-state index contributed by atoms with van der Waals surface area (Å²) in [5.41, 5.74) is 0.545. The number of methoxy groups -OCH3 is 2. The van der Waals surface area contributed by atoms with Gasteiger partial charge in [-0.3, -0.25) is 4.79 Å². The first kappa shape index (κ1) is 12.7. The Morgan fingerprint density at radius 2 is 1.83 bits per heavy atom. The number of rotatable bonds is 3. The van der Waals surface area contributed by atoms with Crippen LogP contribution < -0.4 is 14.4 Å². The molecule has 4 nitrogen and oxygen atoms in total. The Morgan fingerprint density at radius 1 is 1.17 bits per heavy atom. The standard InChI is InChI=1S/C14H19NO3/c1-14(2)13(16)7-8-15(14)10-5-6-11(17-3)12(9-10)18-4/h5-6,9H,7-8H2,1-4H3. The fraction of sp³-hybridized carbons (Fsp3) is 0.500. The van der Waals surface area contributed by atoms with E-state index in [0.717, 1.165) is 12.2 Å². The van der Waals surface area contributed by atoms with Gasteiger partial charge in [-0.25, -0.2) is 0 Å². The van der Waals surface area contributed by atoms with E-state index in [1.807, 2.05) is 32.0 Å². The second-order valence-electron chi connectivity index (χ2n) is 4.92. The van der Waals surface area contributed by atoms with Crippen LogP contribution in [0.15, 0.2) is 18.2 Å². The van der Waals surface area contributed by atoms with Crippen LogP contribution in [0.3, 0.4) is 0 Å². The summed E-state index contributed by atoms with van der Waals surface area (Å²) < 4.78 is 10.5. The van der Waals surface area contributed by atoms with Crippen molar-refractivity contribution in [2.24, 2.45) is 0 Å². The SMILES string of the molecule is COc1ccc(N2CCC(=O)C2(C)C)cc1OC. The van der Waals surface area contributed by atoms with Crippen molar-refractivity contribution in [3.8, 4) is 11.5 Å². The fourth-order valence-electron chi connectivity index (χ4n) is 2.39. The summed E-state index contributed by atoms with van der Waals surface area (Å²) in [6.07, 6.45) is 0.599. The predicted octanol–water partition coefficient (Wildman–Crippen LogP) is 2.26. The summed E-state index contributed by atoms with van der Waals surface area (Å²) in [6, 6.07) is 5.74. The van der Waals surface area contributed by atoms with Crippen molar-refractivity contribution in [2.75, 3.05) is 25.7 Å². The molecule has 1 heterocycles. The van der Waals surface area contributed by atoms with Gasteiger partial charge in [0.15, 0.2) is 17.3 Å². The number of carbonyl (C=O) groups excluding carboxylic acids is 1. The lowest BCUT2D eigenvalue weighted by Gasteiger charge is -2.32. The zero-order chi connectivity index (χ0) is 13.3. The van der Waals surface area contributed by atoms with Crippen LogP contribution in [0, 0.1) is 0 Å². The fourth-order valence-corrected chi connectivity index (χ4v) is 2.39. The normalized spacial score (nSPS) is 18.0. The molecule has 0 atom stereocenters. The van der Waals surface area contributed by atoms with Crippen molar-refractivity contribution in [3.05, 3.63) is 18.2 Å². The molecule has 4 heteroatoms. The van der Waals surface area contributed by atoms with Crippen LogP contribution in [0.25, 0.3) is 0 Å². The molecule has 18 heavy (non-hydrogen) atoms. The Hall–Kier alpha value is -1.71. The first-order valence-corrected chi connectivity index (χ1v) is 6.03. The number of hydrogen-bond acceptors (Lipinski definition) is 4. The van der Waals surface area contributed by atoms with Gasteiger partial charge in [-0.1, -0.05) is 0 Å². The highest BCUT2D eigenvalue weighted by Crippen LogP contribution is 2.36. The Bertz CT molecular complexity index is 468. The third-order valence-electron chi connectivity index (χ3n) is 3.60. The molecule has 1 fully saturated rings. The summed E-state index contributed by atoms with van der Waals surface area (Å²) in [7, 11) is 3.22. The van der Waals surface area contributed by atoms with E-state index in [1.54, 1.807) is 14.2 Å². The van der Waals surface area contributed by atoms with Crippen LogP contribution in [0.2, 0.25) is 0 Å². The van der Waals surface area contributed by atoms with Gasteiger partial charge in [0.05, 0.1) is 19.8 Å². The minimum absolute atomic E-state index is 0.275. The molecule has 2 rings (SSSR count). The quantitative estimate of drug-likeness (QED) is 0.823. The number of ether oxygens (including phenoxy) is 2. The van der Waals surface area contributed by atoms with Crippen LogP contribution in [-0.2, 0) is 4.79 Å². The molecule has 1 aromatic carbocycles. The molecule has 0 saturated carbocycles. The van der Waals surface area contributed by atoms with E-state index in [1.165, 1.54) is 0 Å². The minimum atomic E-state index is -0.445. The van der Waals surface area contributed by atoms with E-state index < -0.39 is 5.54 Å². The number of nitrogens with zero attached hydrogens (tertiary/aromatic N) is 1. The molecule has 1 aromatic rings. The third kappa shape index (κ3) is 1.92. The van der Waals surface area contributed by atoms with Gasteiger partial charge in [-0.15, -0.1) is 0 Å². The molecular weight excluding hydrogens is 230 g/mol. The zero-order valence-corrected chi connectivity index (χ0v) is 11.3. The third-order valence-corrected chi connectivity index (χ3v) is 3.60. The molecule has 1 aliphatic rings. The highest BCUT2D eigenvalue weighted by atomic mass is 16.5. The second-order valence-corrected chi connectivity index (χ2v) is 4.92. The lowest BCUT2D eigenvalue weighted by Crippen LogP contribution is -2.42. The van der Waals surface area contributed by atoms with Crippen molar-refractivity contribution in [1.29, 1.82) is 0 Å². The molecule has 0 radical (unpaired) electrons. The van der Waals surface area contributed by atoms with Gasteiger partial charge in [0.25, 0.3) is 0 Å². The van der Waals surface area contributed by atoms with Crippen LogP contribution in [0.1, 0.15) is 20.3 Å². The van der Waals surface area contributed by atoms with Gasteiger partial charge in [0, 0.05) is 24.7 Å². The maximum Gasteiger partial charge on any atom is 0.162 e. The average molecular weight is 249 g/mol. The van der Waals surface area contributed by atoms with Gasteiger partial charge >= 0.3 is 0 Å². The molecular formula is C14H19NO3. The first-order valence-electron chi connectivity index (χ1n) is 6.03. The number of ketones is 1.